The van der Waals surface area contributed by atoms with E-state index < -0.39 is 5.91 Å². The minimum atomic E-state index is -0.391. The predicted octanol–water partition coefficient (Wildman–Crippen LogP) is 0.434. The fraction of sp³-hybridized carbons (Fsp3) is 0.250. The van der Waals surface area contributed by atoms with Crippen molar-refractivity contribution in [2.75, 3.05) is 11.9 Å². The van der Waals surface area contributed by atoms with E-state index in [1.54, 1.807) is 24.0 Å². The first kappa shape index (κ1) is 12.9. The van der Waals surface area contributed by atoms with E-state index in [-0.39, 0.29) is 17.8 Å². The molecule has 0 aliphatic heterocycles. The Morgan fingerprint density at radius 2 is 2.37 bits per heavy atom. The highest BCUT2D eigenvalue weighted by atomic mass is 16.5. The number of nitrogens with zero attached hydrogens (tertiary/aromatic N) is 2. The van der Waals surface area contributed by atoms with Gasteiger partial charge in [-0.25, -0.2) is 4.98 Å². The zero-order chi connectivity index (χ0) is 13.8. The van der Waals surface area contributed by atoms with Crippen molar-refractivity contribution in [2.24, 2.45) is 7.05 Å². The SMILES string of the molecule is Cc1cc(=O)c(OCC(=O)Nc2ncc[nH]2)cn1C. The molecule has 0 radical (unpaired) electrons. The van der Waals surface area contributed by atoms with E-state index in [9.17, 15) is 9.59 Å². The zero-order valence-electron chi connectivity index (χ0n) is 10.6. The molecule has 19 heavy (non-hydrogen) atoms. The number of aromatic nitrogens is 3. The molecule has 0 saturated carbocycles. The number of hydrogen-bond donors (Lipinski definition) is 2. The highest BCUT2D eigenvalue weighted by molar-refractivity contribution is 5.90. The number of ether oxygens (including phenoxy) is 1. The van der Waals surface area contributed by atoms with Crippen LogP contribution in [0.3, 0.4) is 0 Å². The molecule has 2 N–H and O–H groups in total. The Morgan fingerprint density at radius 3 is 3.05 bits per heavy atom. The Kier molecular flexibility index (Phi) is 3.65. The van der Waals surface area contributed by atoms with E-state index >= 15 is 0 Å². The molecule has 7 heteroatoms. The summed E-state index contributed by atoms with van der Waals surface area (Å²) in [6, 6.07) is 1.46. The lowest BCUT2D eigenvalue weighted by Gasteiger charge is -2.08. The Balaban J connectivity index is 1.97. The smallest absolute Gasteiger partial charge is 0.264 e. The number of carbonyl (C=O) groups excluding carboxylic acids is 1. The minimum absolute atomic E-state index is 0.141. The Morgan fingerprint density at radius 1 is 1.58 bits per heavy atom. The zero-order valence-corrected chi connectivity index (χ0v) is 10.6. The van der Waals surface area contributed by atoms with E-state index in [1.165, 1.54) is 12.3 Å². The molecule has 0 bridgehead atoms. The van der Waals surface area contributed by atoms with Gasteiger partial charge in [0.25, 0.3) is 5.91 Å². The third-order valence-electron chi connectivity index (χ3n) is 2.56. The third kappa shape index (κ3) is 3.21. The van der Waals surface area contributed by atoms with Crippen molar-refractivity contribution in [3.8, 4) is 5.75 Å². The van der Waals surface area contributed by atoms with Crippen LogP contribution in [0.15, 0.2) is 29.5 Å². The normalized spacial score (nSPS) is 10.2. The number of H-pyrrole nitrogens is 1. The van der Waals surface area contributed by atoms with Gasteiger partial charge < -0.3 is 14.3 Å². The number of rotatable bonds is 4. The van der Waals surface area contributed by atoms with Gasteiger partial charge in [-0.15, -0.1) is 0 Å². The molecule has 0 aliphatic carbocycles. The van der Waals surface area contributed by atoms with Gasteiger partial charge in [0, 0.05) is 37.4 Å². The lowest BCUT2D eigenvalue weighted by molar-refractivity contribution is -0.118. The average Bonchev–Trinajstić information content (AvgIpc) is 2.85. The molecule has 2 aromatic rings. The van der Waals surface area contributed by atoms with Crippen molar-refractivity contribution < 1.29 is 9.53 Å². The summed E-state index contributed by atoms with van der Waals surface area (Å²) in [5.41, 5.74) is 0.568. The van der Waals surface area contributed by atoms with E-state index in [1.807, 2.05) is 6.92 Å². The predicted molar refractivity (Wildman–Crippen MR) is 69.1 cm³/mol. The fourth-order valence-electron chi connectivity index (χ4n) is 1.46. The number of aryl methyl sites for hydroxylation is 2. The van der Waals surface area contributed by atoms with Crippen LogP contribution >= 0.6 is 0 Å². The van der Waals surface area contributed by atoms with Crippen molar-refractivity contribution in [2.45, 2.75) is 6.92 Å². The van der Waals surface area contributed by atoms with Crippen molar-refractivity contribution in [1.29, 1.82) is 0 Å². The molecule has 2 rings (SSSR count). The van der Waals surface area contributed by atoms with Crippen LogP contribution in [0.2, 0.25) is 0 Å². The fourth-order valence-corrected chi connectivity index (χ4v) is 1.46. The number of aromatic amines is 1. The summed E-state index contributed by atoms with van der Waals surface area (Å²) in [5, 5.41) is 2.50. The second-order valence-corrected chi connectivity index (χ2v) is 4.03. The molecule has 0 unspecified atom stereocenters. The minimum Gasteiger partial charge on any atom is -0.478 e. The van der Waals surface area contributed by atoms with E-state index in [4.69, 9.17) is 4.74 Å². The van der Waals surface area contributed by atoms with E-state index in [0.717, 1.165) is 5.69 Å². The molecule has 0 spiro atoms. The van der Waals surface area contributed by atoms with Crippen LogP contribution in [0.5, 0.6) is 5.75 Å². The van der Waals surface area contributed by atoms with Gasteiger partial charge in [0.2, 0.25) is 11.4 Å². The first-order valence-corrected chi connectivity index (χ1v) is 5.65. The van der Waals surface area contributed by atoms with Crippen LogP contribution < -0.4 is 15.5 Å². The summed E-state index contributed by atoms with van der Waals surface area (Å²) in [6.07, 6.45) is 4.66. The molecule has 0 fully saturated rings. The quantitative estimate of drug-likeness (QED) is 0.836. The summed E-state index contributed by atoms with van der Waals surface area (Å²) in [4.78, 5) is 29.8. The van der Waals surface area contributed by atoms with Gasteiger partial charge in [-0.3, -0.25) is 14.9 Å². The number of imidazole rings is 1. The van der Waals surface area contributed by atoms with Crippen molar-refractivity contribution in [3.63, 3.8) is 0 Å². The van der Waals surface area contributed by atoms with Crippen LogP contribution in [0, 0.1) is 6.92 Å². The summed E-state index contributed by atoms with van der Waals surface area (Å²) in [6.45, 7) is 1.56. The number of pyridine rings is 1. The van der Waals surface area contributed by atoms with Gasteiger partial charge in [0.1, 0.15) is 0 Å². The first-order chi connectivity index (χ1) is 9.06. The van der Waals surface area contributed by atoms with Gasteiger partial charge in [-0.05, 0) is 6.92 Å². The lowest BCUT2D eigenvalue weighted by Crippen LogP contribution is -2.23. The lowest BCUT2D eigenvalue weighted by atomic mass is 10.3. The molecular weight excluding hydrogens is 248 g/mol. The molecular formula is C12H14N4O3. The first-order valence-electron chi connectivity index (χ1n) is 5.65. The largest absolute Gasteiger partial charge is 0.478 e. The summed E-state index contributed by atoms with van der Waals surface area (Å²) >= 11 is 0. The number of carbonyl (C=O) groups is 1. The van der Waals surface area contributed by atoms with Crippen LogP contribution in [0.1, 0.15) is 5.69 Å². The maximum absolute atomic E-state index is 11.6. The molecule has 0 saturated heterocycles. The molecule has 2 aromatic heterocycles. The molecule has 0 atom stereocenters. The van der Waals surface area contributed by atoms with Gasteiger partial charge in [-0.1, -0.05) is 0 Å². The highest BCUT2D eigenvalue weighted by Gasteiger charge is 2.08. The van der Waals surface area contributed by atoms with Crippen LogP contribution in [-0.4, -0.2) is 27.0 Å². The third-order valence-corrected chi connectivity index (χ3v) is 2.56. The van der Waals surface area contributed by atoms with E-state index in [2.05, 4.69) is 15.3 Å². The number of anilines is 1. The summed E-state index contributed by atoms with van der Waals surface area (Å²) < 4.78 is 6.95. The van der Waals surface area contributed by atoms with Crippen LogP contribution in [-0.2, 0) is 11.8 Å². The molecule has 0 aromatic carbocycles. The maximum atomic E-state index is 11.6. The topological polar surface area (TPSA) is 89.0 Å². The number of amides is 1. The Bertz CT molecular complexity index is 631. The van der Waals surface area contributed by atoms with Crippen molar-refractivity contribution in [3.05, 3.63) is 40.6 Å². The van der Waals surface area contributed by atoms with Crippen LogP contribution in [0.4, 0.5) is 5.95 Å². The van der Waals surface area contributed by atoms with Gasteiger partial charge in [0.15, 0.2) is 12.4 Å². The Labute approximate surface area is 109 Å². The Hall–Kier alpha value is -2.57. The van der Waals surface area contributed by atoms with Gasteiger partial charge in [0.05, 0.1) is 0 Å². The summed E-state index contributed by atoms with van der Waals surface area (Å²) in [7, 11) is 1.80. The van der Waals surface area contributed by atoms with Gasteiger partial charge in [-0.2, -0.15) is 0 Å². The molecule has 100 valence electrons. The maximum Gasteiger partial charge on any atom is 0.264 e. The molecule has 0 aliphatic rings. The van der Waals surface area contributed by atoms with Crippen LogP contribution in [0.25, 0.3) is 0 Å². The van der Waals surface area contributed by atoms with Crippen molar-refractivity contribution >= 4 is 11.9 Å². The van der Waals surface area contributed by atoms with E-state index in [0.29, 0.717) is 5.95 Å². The second kappa shape index (κ2) is 5.38. The average molecular weight is 262 g/mol. The monoisotopic (exact) mass is 262 g/mol. The molecule has 7 nitrogen and oxygen atoms in total. The van der Waals surface area contributed by atoms with Gasteiger partial charge >= 0.3 is 0 Å². The molecule has 1 amide bonds. The standard InChI is InChI=1S/C12H14N4O3/c1-8-5-9(17)10(6-16(8)2)19-7-11(18)15-12-13-3-4-14-12/h3-6H,7H2,1-2H3,(H2,13,14,15,18). The van der Waals surface area contributed by atoms with Crippen molar-refractivity contribution in [1.82, 2.24) is 14.5 Å². The highest BCUT2D eigenvalue weighted by Crippen LogP contribution is 2.04. The number of hydrogen-bond acceptors (Lipinski definition) is 4. The number of nitrogens with one attached hydrogen (secondary N) is 2. The second-order valence-electron chi connectivity index (χ2n) is 4.03. The molecule has 2 heterocycles. The summed E-state index contributed by atoms with van der Waals surface area (Å²) in [5.74, 6) is 0.0886.